The first-order valence-corrected chi connectivity index (χ1v) is 12.2. The van der Waals surface area contributed by atoms with Gasteiger partial charge in [0.25, 0.3) is 15.6 Å². The summed E-state index contributed by atoms with van der Waals surface area (Å²) >= 11 is 0. The first kappa shape index (κ1) is 27.4. The third-order valence-electron chi connectivity index (χ3n) is 3.80. The van der Waals surface area contributed by atoms with E-state index in [0.29, 0.717) is 0 Å². The summed E-state index contributed by atoms with van der Waals surface area (Å²) < 4.78 is 50.2. The van der Waals surface area contributed by atoms with Crippen molar-refractivity contribution in [3.8, 4) is 0 Å². The normalized spacial score (nSPS) is 27.6. The number of phosphoric acid groups is 3. The monoisotopic (exact) mass is 558 g/mol. The van der Waals surface area contributed by atoms with E-state index in [1.54, 1.807) is 0 Å². The summed E-state index contributed by atoms with van der Waals surface area (Å²) in [5.74, 6) is 0.0195. The zero-order valence-corrected chi connectivity index (χ0v) is 19.0. The molecule has 1 saturated heterocycles. The maximum Gasteiger partial charge on any atom is 0.278 e. The van der Waals surface area contributed by atoms with Gasteiger partial charge in [0.2, 0.25) is 0 Å². The van der Waals surface area contributed by atoms with Gasteiger partial charge in [-0.1, -0.05) is 0 Å². The molecule has 181 valence electrons. The first-order chi connectivity index (χ1) is 14.2. The molecule has 2 unspecified atom stereocenters. The van der Waals surface area contributed by atoms with Gasteiger partial charge in [-0.15, -0.1) is 0 Å². The topological polar surface area (TPSA) is 290 Å². The van der Waals surface area contributed by atoms with E-state index in [4.69, 9.17) is 10.5 Å². The molecule has 0 spiro atoms. The van der Waals surface area contributed by atoms with Crippen molar-refractivity contribution in [3.05, 3.63) is 12.7 Å². The molecular formula is C10H12MnN5O13P3-4. The van der Waals surface area contributed by atoms with Gasteiger partial charge in [0.15, 0.2) is 17.7 Å². The van der Waals surface area contributed by atoms with Crippen LogP contribution in [0.3, 0.4) is 0 Å². The van der Waals surface area contributed by atoms with Crippen molar-refractivity contribution >= 4 is 40.4 Å². The predicted octanol–water partition coefficient (Wildman–Crippen LogP) is -4.16. The van der Waals surface area contributed by atoms with Crippen molar-refractivity contribution in [2.45, 2.75) is 24.5 Å². The summed E-state index contributed by atoms with van der Waals surface area (Å²) in [6.45, 7) is -1.08. The number of aliphatic hydroxyl groups is 2. The number of rotatable bonds is 8. The largest absolute Gasteiger partial charge is 0.790 e. The predicted molar refractivity (Wildman–Crippen MR) is 86.6 cm³/mol. The molecule has 22 heteroatoms. The van der Waals surface area contributed by atoms with Gasteiger partial charge in [0, 0.05) is 17.1 Å². The van der Waals surface area contributed by atoms with Crippen LogP contribution in [0.15, 0.2) is 12.7 Å². The van der Waals surface area contributed by atoms with E-state index < -0.39 is 54.6 Å². The number of phosphoric ester groups is 1. The number of hydrogen-bond acceptors (Lipinski definition) is 17. The minimum Gasteiger partial charge on any atom is -0.790 e. The van der Waals surface area contributed by atoms with Crippen LogP contribution >= 0.6 is 23.5 Å². The average molecular weight is 558 g/mol. The van der Waals surface area contributed by atoms with Gasteiger partial charge in [-0.25, -0.2) is 19.3 Å². The minimum atomic E-state index is -6.14. The van der Waals surface area contributed by atoms with Crippen molar-refractivity contribution in [2.75, 3.05) is 12.3 Å². The number of aliphatic hydroxyl groups excluding tert-OH is 2. The summed E-state index contributed by atoms with van der Waals surface area (Å²) in [5.41, 5.74) is 5.92. The third-order valence-corrected chi connectivity index (χ3v) is 7.46. The van der Waals surface area contributed by atoms with Gasteiger partial charge in [-0.3, -0.25) is 18.0 Å². The number of nitrogens with zero attached hydrogens (tertiary/aromatic N) is 4. The summed E-state index contributed by atoms with van der Waals surface area (Å²) in [4.78, 5) is 54.9. The second-order valence-electron chi connectivity index (χ2n) is 5.93. The fourth-order valence-electron chi connectivity index (χ4n) is 2.60. The SMILES string of the molecule is Nc1ncnc2c1ncn2[C@@H]1O[C@H](COP(=O)([O-])OP(=O)([O-])OP(=O)([O-])[O-])[C@@H](O)[C@H]1O.[Mn]. The van der Waals surface area contributed by atoms with Gasteiger partial charge in [-0.2, -0.15) is 0 Å². The maximum absolute atomic E-state index is 11.6. The third kappa shape index (κ3) is 6.39. The Morgan fingerprint density at radius 3 is 2.34 bits per heavy atom. The second kappa shape index (κ2) is 9.80. The Balaban J connectivity index is 0.00000363. The fraction of sp³-hybridized carbons (Fsp3) is 0.500. The molecule has 1 aliphatic rings. The Kier molecular flexibility index (Phi) is 8.39. The van der Waals surface area contributed by atoms with Gasteiger partial charge in [-0.05, 0) is 0 Å². The molecular weight excluding hydrogens is 546 g/mol. The number of imidazole rings is 1. The minimum absolute atomic E-state index is 0. The molecule has 1 radical (unpaired) electrons. The van der Waals surface area contributed by atoms with Gasteiger partial charge in [0.1, 0.15) is 30.2 Å². The summed E-state index contributed by atoms with van der Waals surface area (Å²) in [6.07, 6.45) is -3.99. The number of ether oxygens (including phenoxy) is 1. The summed E-state index contributed by atoms with van der Waals surface area (Å²) in [6, 6.07) is 0. The molecule has 0 amide bonds. The number of anilines is 1. The molecule has 1 aliphatic heterocycles. The van der Waals surface area contributed by atoms with Crippen molar-refractivity contribution < 1.29 is 78.4 Å². The quantitative estimate of drug-likeness (QED) is 0.205. The van der Waals surface area contributed by atoms with E-state index in [1.807, 2.05) is 0 Å². The van der Waals surface area contributed by atoms with Crippen molar-refractivity contribution in [1.82, 2.24) is 19.5 Å². The first-order valence-electron chi connectivity index (χ1n) is 7.85. The Bertz CT molecular complexity index is 1110. The summed E-state index contributed by atoms with van der Waals surface area (Å²) in [5, 5.41) is 20.3. The number of nitrogen functional groups attached to an aromatic ring is 1. The molecule has 4 N–H and O–H groups in total. The van der Waals surface area contributed by atoms with E-state index >= 15 is 0 Å². The molecule has 2 aromatic heterocycles. The Morgan fingerprint density at radius 2 is 1.72 bits per heavy atom. The van der Waals surface area contributed by atoms with Crippen LogP contribution < -0.4 is 25.3 Å². The van der Waals surface area contributed by atoms with Crippen LogP contribution in [0.5, 0.6) is 0 Å². The fourth-order valence-corrected chi connectivity index (χ4v) is 5.47. The maximum atomic E-state index is 11.6. The second-order valence-corrected chi connectivity index (χ2v) is 10.2. The number of fused-ring (bicyclic) bond motifs is 1. The smallest absolute Gasteiger partial charge is 0.278 e. The average Bonchev–Trinajstić information content (AvgIpc) is 3.13. The number of hydrogen-bond donors (Lipinski definition) is 3. The van der Waals surface area contributed by atoms with Crippen LogP contribution in [0, 0.1) is 0 Å². The van der Waals surface area contributed by atoms with Gasteiger partial charge in [0.05, 0.1) is 20.8 Å². The van der Waals surface area contributed by atoms with E-state index in [9.17, 15) is 43.5 Å². The molecule has 1 fully saturated rings. The molecule has 6 atom stereocenters. The van der Waals surface area contributed by atoms with E-state index in [2.05, 4.69) is 28.1 Å². The van der Waals surface area contributed by atoms with E-state index in [1.165, 1.54) is 4.57 Å². The van der Waals surface area contributed by atoms with E-state index in [-0.39, 0.29) is 34.1 Å². The van der Waals surface area contributed by atoms with Crippen LogP contribution in [-0.4, -0.2) is 54.7 Å². The Hall–Kier alpha value is -0.841. The number of aromatic nitrogens is 4. The molecule has 2 aromatic rings. The van der Waals surface area contributed by atoms with Crippen molar-refractivity contribution in [2.24, 2.45) is 0 Å². The zero-order valence-electron chi connectivity index (χ0n) is 15.1. The molecule has 18 nitrogen and oxygen atoms in total. The standard InChI is InChI=1S/C10H16N5O13P3.Mn/c11-8-5-9(13-2-12-8)15(3-14-5)10-7(17)6(16)4(26-10)1-25-30(21,22)28-31(23,24)27-29(18,19)20;/h2-4,6-7,10,16-17H,1H2,(H,21,22)(H,23,24)(H2,11,12,13)(H2,18,19,20);/p-4/t4-,6-,7-,10-;/m1./s1. The molecule has 32 heavy (non-hydrogen) atoms. The van der Waals surface area contributed by atoms with Crippen molar-refractivity contribution in [3.63, 3.8) is 0 Å². The summed E-state index contributed by atoms with van der Waals surface area (Å²) in [7, 11) is -18.1. The molecule has 0 aliphatic carbocycles. The van der Waals surface area contributed by atoms with Crippen molar-refractivity contribution in [1.29, 1.82) is 0 Å². The van der Waals surface area contributed by atoms with Crippen LogP contribution in [0.4, 0.5) is 5.82 Å². The molecule has 0 aromatic carbocycles. The molecule has 0 bridgehead atoms. The Labute approximate surface area is 188 Å². The van der Waals surface area contributed by atoms with Gasteiger partial charge < -0.3 is 49.3 Å². The van der Waals surface area contributed by atoms with Crippen LogP contribution in [-0.2, 0) is 48.6 Å². The molecule has 3 rings (SSSR count). The zero-order chi connectivity index (χ0) is 23.2. The van der Waals surface area contributed by atoms with Gasteiger partial charge >= 0.3 is 0 Å². The Morgan fingerprint density at radius 1 is 1.06 bits per heavy atom. The van der Waals surface area contributed by atoms with E-state index in [0.717, 1.165) is 12.7 Å². The van der Waals surface area contributed by atoms with Crippen LogP contribution in [0.2, 0.25) is 0 Å². The van der Waals surface area contributed by atoms with Crippen LogP contribution in [0.1, 0.15) is 6.23 Å². The van der Waals surface area contributed by atoms with Crippen LogP contribution in [0.25, 0.3) is 11.2 Å². The molecule has 0 saturated carbocycles. The number of nitrogens with two attached hydrogens (primary N) is 1. The molecule has 3 heterocycles.